The van der Waals surface area contributed by atoms with Crippen molar-refractivity contribution in [2.24, 2.45) is 4.99 Å². The Kier molecular flexibility index (Phi) is 6.36. The van der Waals surface area contributed by atoms with Gasteiger partial charge in [-0.15, -0.1) is 0 Å². The highest BCUT2D eigenvalue weighted by Gasteiger charge is 2.07. The van der Waals surface area contributed by atoms with E-state index in [1.165, 1.54) is 5.56 Å². The van der Waals surface area contributed by atoms with E-state index in [0.29, 0.717) is 12.6 Å². The van der Waals surface area contributed by atoms with Crippen LogP contribution in [0.2, 0.25) is 0 Å². The SMILES string of the molecule is CCNC(=NCC(O)c1ccc(C)cc1)NC(C)C. The fraction of sp³-hybridized carbons (Fsp3) is 0.533. The van der Waals surface area contributed by atoms with E-state index in [0.717, 1.165) is 18.1 Å². The number of hydrogen-bond donors (Lipinski definition) is 3. The van der Waals surface area contributed by atoms with E-state index in [-0.39, 0.29) is 0 Å². The number of aliphatic hydroxyl groups excluding tert-OH is 1. The van der Waals surface area contributed by atoms with Gasteiger partial charge in [-0.1, -0.05) is 29.8 Å². The summed E-state index contributed by atoms with van der Waals surface area (Å²) in [6, 6.07) is 8.20. The molecule has 1 rings (SSSR count). The first-order valence-corrected chi connectivity index (χ1v) is 6.82. The Hall–Kier alpha value is -1.55. The minimum atomic E-state index is -0.566. The predicted molar refractivity (Wildman–Crippen MR) is 80.4 cm³/mol. The molecule has 0 aliphatic rings. The molecule has 0 heterocycles. The lowest BCUT2D eigenvalue weighted by molar-refractivity contribution is 0.187. The molecule has 4 nitrogen and oxygen atoms in total. The summed E-state index contributed by atoms with van der Waals surface area (Å²) < 4.78 is 0. The normalized spacial score (nSPS) is 13.5. The maximum atomic E-state index is 10.1. The first kappa shape index (κ1) is 15.5. The molecule has 1 atom stereocenters. The molecule has 0 aromatic heterocycles. The number of benzene rings is 1. The Morgan fingerprint density at radius 3 is 2.42 bits per heavy atom. The average Bonchev–Trinajstić information content (AvgIpc) is 2.36. The van der Waals surface area contributed by atoms with Crippen LogP contribution in [-0.2, 0) is 0 Å². The van der Waals surface area contributed by atoms with Gasteiger partial charge in [0.25, 0.3) is 0 Å². The molecule has 0 bridgehead atoms. The first-order valence-electron chi connectivity index (χ1n) is 6.82. The van der Waals surface area contributed by atoms with Gasteiger partial charge >= 0.3 is 0 Å². The van der Waals surface area contributed by atoms with Crippen molar-refractivity contribution in [3.05, 3.63) is 35.4 Å². The van der Waals surface area contributed by atoms with Crippen LogP contribution in [0, 0.1) is 6.92 Å². The van der Waals surface area contributed by atoms with Crippen LogP contribution in [0.15, 0.2) is 29.3 Å². The summed E-state index contributed by atoms with van der Waals surface area (Å²) in [6.45, 7) is 9.33. The number of aliphatic hydroxyl groups is 1. The van der Waals surface area contributed by atoms with Gasteiger partial charge in [0.05, 0.1) is 12.6 Å². The third kappa shape index (κ3) is 5.75. The van der Waals surface area contributed by atoms with E-state index < -0.39 is 6.10 Å². The zero-order valence-corrected chi connectivity index (χ0v) is 12.3. The lowest BCUT2D eigenvalue weighted by atomic mass is 10.1. The minimum Gasteiger partial charge on any atom is -0.386 e. The molecule has 3 N–H and O–H groups in total. The summed E-state index contributed by atoms with van der Waals surface area (Å²) >= 11 is 0. The third-order valence-electron chi connectivity index (χ3n) is 2.65. The maximum Gasteiger partial charge on any atom is 0.191 e. The van der Waals surface area contributed by atoms with Crippen molar-refractivity contribution in [3.63, 3.8) is 0 Å². The van der Waals surface area contributed by atoms with Gasteiger partial charge in [0.15, 0.2) is 5.96 Å². The van der Waals surface area contributed by atoms with Gasteiger partial charge in [-0.25, -0.2) is 0 Å². The van der Waals surface area contributed by atoms with Crippen LogP contribution >= 0.6 is 0 Å². The van der Waals surface area contributed by atoms with Crippen LogP contribution < -0.4 is 10.6 Å². The molecular weight excluding hydrogens is 238 g/mol. The van der Waals surface area contributed by atoms with Crippen molar-refractivity contribution >= 4 is 5.96 Å². The molecule has 4 heteroatoms. The maximum absolute atomic E-state index is 10.1. The largest absolute Gasteiger partial charge is 0.386 e. The number of aliphatic imine (C=N–C) groups is 1. The number of hydrogen-bond acceptors (Lipinski definition) is 2. The van der Waals surface area contributed by atoms with Gasteiger partial charge in [-0.3, -0.25) is 4.99 Å². The number of rotatable bonds is 5. The standard InChI is InChI=1S/C15H25N3O/c1-5-16-15(18-11(2)3)17-10-14(19)13-8-6-12(4)7-9-13/h6-9,11,14,19H,5,10H2,1-4H3,(H2,16,17,18). The highest BCUT2D eigenvalue weighted by Crippen LogP contribution is 2.13. The molecule has 1 aromatic rings. The topological polar surface area (TPSA) is 56.7 Å². The minimum absolute atomic E-state index is 0.314. The smallest absolute Gasteiger partial charge is 0.191 e. The molecule has 0 radical (unpaired) electrons. The van der Waals surface area contributed by atoms with E-state index in [1.54, 1.807) is 0 Å². The van der Waals surface area contributed by atoms with E-state index in [4.69, 9.17) is 0 Å². The quantitative estimate of drug-likeness (QED) is 0.562. The van der Waals surface area contributed by atoms with Crippen LogP contribution in [0.3, 0.4) is 0 Å². The van der Waals surface area contributed by atoms with Crippen LogP contribution in [-0.4, -0.2) is 30.2 Å². The lowest BCUT2D eigenvalue weighted by Gasteiger charge is -2.15. The van der Waals surface area contributed by atoms with Gasteiger partial charge < -0.3 is 15.7 Å². The highest BCUT2D eigenvalue weighted by molar-refractivity contribution is 5.80. The van der Waals surface area contributed by atoms with Gasteiger partial charge in [-0.2, -0.15) is 0 Å². The molecule has 106 valence electrons. The fourth-order valence-electron chi connectivity index (χ4n) is 1.67. The van der Waals surface area contributed by atoms with Gasteiger partial charge in [0, 0.05) is 12.6 Å². The molecule has 0 amide bonds. The molecule has 19 heavy (non-hydrogen) atoms. The van der Waals surface area contributed by atoms with Crippen molar-refractivity contribution in [2.45, 2.75) is 39.8 Å². The van der Waals surface area contributed by atoms with E-state index >= 15 is 0 Å². The summed E-state index contributed by atoms with van der Waals surface area (Å²) in [5, 5.41) is 16.5. The Morgan fingerprint density at radius 1 is 1.26 bits per heavy atom. The monoisotopic (exact) mass is 263 g/mol. The molecule has 0 spiro atoms. The van der Waals surface area contributed by atoms with Gasteiger partial charge in [0.1, 0.15) is 0 Å². The second kappa shape index (κ2) is 7.79. The van der Waals surface area contributed by atoms with Crippen molar-refractivity contribution in [2.75, 3.05) is 13.1 Å². The van der Waals surface area contributed by atoms with Crippen LogP contribution in [0.1, 0.15) is 38.0 Å². The number of aryl methyl sites for hydroxylation is 1. The van der Waals surface area contributed by atoms with Crippen LogP contribution in [0.5, 0.6) is 0 Å². The van der Waals surface area contributed by atoms with E-state index in [2.05, 4.69) is 29.5 Å². The molecule has 1 aromatic carbocycles. The van der Waals surface area contributed by atoms with E-state index in [9.17, 15) is 5.11 Å². The second-order valence-corrected chi connectivity index (χ2v) is 4.95. The van der Waals surface area contributed by atoms with Gasteiger partial charge in [-0.05, 0) is 33.3 Å². The highest BCUT2D eigenvalue weighted by atomic mass is 16.3. The van der Waals surface area contributed by atoms with Crippen molar-refractivity contribution in [3.8, 4) is 0 Å². The lowest BCUT2D eigenvalue weighted by Crippen LogP contribution is -2.41. The van der Waals surface area contributed by atoms with E-state index in [1.807, 2.05) is 38.1 Å². The molecule has 0 saturated heterocycles. The number of nitrogens with one attached hydrogen (secondary N) is 2. The van der Waals surface area contributed by atoms with Gasteiger partial charge in [0.2, 0.25) is 0 Å². The third-order valence-corrected chi connectivity index (χ3v) is 2.65. The predicted octanol–water partition coefficient (Wildman–Crippen LogP) is 1.99. The Bertz CT molecular complexity index is 398. The van der Waals surface area contributed by atoms with Crippen molar-refractivity contribution in [1.29, 1.82) is 0 Å². The van der Waals surface area contributed by atoms with Crippen LogP contribution in [0.4, 0.5) is 0 Å². The Morgan fingerprint density at radius 2 is 1.89 bits per heavy atom. The fourth-order valence-corrected chi connectivity index (χ4v) is 1.67. The summed E-state index contributed by atoms with van der Waals surface area (Å²) in [7, 11) is 0. The molecule has 1 unspecified atom stereocenters. The van der Waals surface area contributed by atoms with Crippen molar-refractivity contribution in [1.82, 2.24) is 10.6 Å². The molecule has 0 fully saturated rings. The summed E-state index contributed by atoms with van der Waals surface area (Å²) in [4.78, 5) is 4.40. The second-order valence-electron chi connectivity index (χ2n) is 4.95. The summed E-state index contributed by atoms with van der Waals surface area (Å²) in [5.41, 5.74) is 2.09. The summed E-state index contributed by atoms with van der Waals surface area (Å²) in [6.07, 6.45) is -0.566. The summed E-state index contributed by atoms with van der Waals surface area (Å²) in [5.74, 6) is 0.740. The average molecular weight is 263 g/mol. The number of guanidine groups is 1. The molecule has 0 saturated carbocycles. The zero-order valence-electron chi connectivity index (χ0n) is 12.3. The Labute approximate surface area is 116 Å². The first-order chi connectivity index (χ1) is 9.02. The Balaban J connectivity index is 2.63. The molecule has 0 aliphatic carbocycles. The molecule has 0 aliphatic heterocycles. The zero-order chi connectivity index (χ0) is 14.3. The molecular formula is C15H25N3O. The van der Waals surface area contributed by atoms with Crippen LogP contribution in [0.25, 0.3) is 0 Å². The van der Waals surface area contributed by atoms with Crippen molar-refractivity contribution < 1.29 is 5.11 Å². The number of nitrogens with zero attached hydrogens (tertiary/aromatic N) is 1.